The van der Waals surface area contributed by atoms with Gasteiger partial charge in [-0.05, 0) is 25.3 Å². The van der Waals surface area contributed by atoms with Gasteiger partial charge in [0, 0.05) is 19.5 Å². The molecule has 0 unspecified atom stereocenters. The van der Waals surface area contributed by atoms with E-state index in [9.17, 15) is 4.79 Å². The van der Waals surface area contributed by atoms with E-state index in [1.165, 1.54) is 5.56 Å². The third-order valence-corrected chi connectivity index (χ3v) is 4.05. The molecule has 0 N–H and O–H groups in total. The van der Waals surface area contributed by atoms with Crippen LogP contribution in [0.5, 0.6) is 0 Å². The van der Waals surface area contributed by atoms with Crippen LogP contribution in [0.4, 0.5) is 0 Å². The molecule has 2 aromatic rings. The van der Waals surface area contributed by atoms with E-state index in [-0.39, 0.29) is 11.9 Å². The maximum absolute atomic E-state index is 11.9. The van der Waals surface area contributed by atoms with Gasteiger partial charge in [0.2, 0.25) is 5.91 Å². The van der Waals surface area contributed by atoms with Gasteiger partial charge in [-0.25, -0.2) is 9.67 Å². The summed E-state index contributed by atoms with van der Waals surface area (Å²) < 4.78 is 1.92. The number of aromatic nitrogens is 3. The zero-order valence-electron chi connectivity index (χ0n) is 12.3. The molecule has 0 radical (unpaired) electrons. The van der Waals surface area contributed by atoms with Crippen molar-refractivity contribution in [3.8, 4) is 0 Å². The van der Waals surface area contributed by atoms with Crippen LogP contribution in [0.2, 0.25) is 0 Å². The van der Waals surface area contributed by atoms with Gasteiger partial charge in [-0.15, -0.1) is 0 Å². The van der Waals surface area contributed by atoms with Crippen molar-refractivity contribution in [1.82, 2.24) is 19.7 Å². The number of carbonyl (C=O) groups is 1. The molecular formula is C16H20N4O. The lowest BCUT2D eigenvalue weighted by Crippen LogP contribution is -2.30. The Kier molecular flexibility index (Phi) is 3.99. The van der Waals surface area contributed by atoms with Gasteiger partial charge in [-0.3, -0.25) is 4.79 Å². The molecule has 0 saturated carbocycles. The number of nitrogens with zero attached hydrogens (tertiary/aromatic N) is 4. The van der Waals surface area contributed by atoms with Crippen LogP contribution in [0.25, 0.3) is 0 Å². The summed E-state index contributed by atoms with van der Waals surface area (Å²) in [6, 6.07) is 10.3. The van der Waals surface area contributed by atoms with Crippen LogP contribution >= 0.6 is 0 Å². The zero-order chi connectivity index (χ0) is 14.7. The van der Waals surface area contributed by atoms with E-state index in [4.69, 9.17) is 0 Å². The highest BCUT2D eigenvalue weighted by molar-refractivity contribution is 5.78. The highest BCUT2D eigenvalue weighted by Gasteiger charge is 2.28. The fraction of sp³-hybridized carbons (Fsp3) is 0.438. The van der Waals surface area contributed by atoms with Crippen LogP contribution in [0.15, 0.2) is 36.7 Å². The highest BCUT2D eigenvalue weighted by atomic mass is 16.2. The molecule has 5 nitrogen and oxygen atoms in total. The van der Waals surface area contributed by atoms with Gasteiger partial charge in [-0.1, -0.05) is 30.3 Å². The maximum atomic E-state index is 11.9. The molecule has 3 rings (SSSR count). The van der Waals surface area contributed by atoms with Crippen molar-refractivity contribution < 1.29 is 4.79 Å². The second-order valence-corrected chi connectivity index (χ2v) is 5.44. The number of hydrogen-bond acceptors (Lipinski definition) is 3. The second-order valence-electron chi connectivity index (χ2n) is 5.44. The van der Waals surface area contributed by atoms with Gasteiger partial charge in [0.1, 0.15) is 12.2 Å². The summed E-state index contributed by atoms with van der Waals surface area (Å²) in [5, 5.41) is 4.32. The minimum atomic E-state index is -0.00160. The number of amides is 1. The van der Waals surface area contributed by atoms with Crippen LogP contribution in [-0.4, -0.2) is 32.1 Å². The summed E-state index contributed by atoms with van der Waals surface area (Å²) in [6.07, 6.45) is 4.10. The third-order valence-electron chi connectivity index (χ3n) is 4.05. The Hall–Kier alpha value is -2.17. The van der Waals surface area contributed by atoms with Crippen molar-refractivity contribution in [3.63, 3.8) is 0 Å². The van der Waals surface area contributed by atoms with E-state index in [1.54, 1.807) is 6.33 Å². The molecule has 1 atom stereocenters. The number of rotatable bonds is 5. The molecule has 1 aliphatic rings. The summed E-state index contributed by atoms with van der Waals surface area (Å²) in [5.74, 6) is 1.10. The monoisotopic (exact) mass is 284 g/mol. The van der Waals surface area contributed by atoms with Crippen molar-refractivity contribution >= 4 is 5.91 Å². The van der Waals surface area contributed by atoms with Crippen molar-refractivity contribution in [2.24, 2.45) is 0 Å². The minimum absolute atomic E-state index is 0.00160. The Morgan fingerprint density at radius 3 is 2.81 bits per heavy atom. The quantitative estimate of drug-likeness (QED) is 0.846. The third kappa shape index (κ3) is 2.96. The summed E-state index contributed by atoms with van der Waals surface area (Å²) in [5.41, 5.74) is 1.28. The molecule has 5 heteroatoms. The molecule has 1 aromatic heterocycles. The van der Waals surface area contributed by atoms with Crippen LogP contribution in [0.3, 0.4) is 0 Å². The first-order chi connectivity index (χ1) is 10.3. The van der Waals surface area contributed by atoms with Gasteiger partial charge < -0.3 is 4.90 Å². The van der Waals surface area contributed by atoms with E-state index in [2.05, 4.69) is 22.2 Å². The second kappa shape index (κ2) is 6.08. The van der Waals surface area contributed by atoms with Crippen molar-refractivity contribution in [2.45, 2.75) is 38.8 Å². The van der Waals surface area contributed by atoms with Crippen molar-refractivity contribution in [2.75, 3.05) is 6.54 Å². The molecule has 2 heterocycles. The first-order valence-electron chi connectivity index (χ1n) is 7.47. The molecule has 1 fully saturated rings. The lowest BCUT2D eigenvalue weighted by Gasteiger charge is -2.23. The SMILES string of the molecule is C[C@H](c1ncnn1CCc1ccccc1)N1CCCC1=O. The summed E-state index contributed by atoms with van der Waals surface area (Å²) in [4.78, 5) is 18.1. The Balaban J connectivity index is 1.70. The molecule has 110 valence electrons. The lowest BCUT2D eigenvalue weighted by atomic mass is 10.1. The largest absolute Gasteiger partial charge is 0.333 e. The highest BCUT2D eigenvalue weighted by Crippen LogP contribution is 2.23. The van der Waals surface area contributed by atoms with E-state index in [0.717, 1.165) is 31.8 Å². The first-order valence-corrected chi connectivity index (χ1v) is 7.47. The van der Waals surface area contributed by atoms with Crippen molar-refractivity contribution in [1.29, 1.82) is 0 Å². The number of carbonyl (C=O) groups excluding carboxylic acids is 1. The normalized spacial score (nSPS) is 16.4. The maximum Gasteiger partial charge on any atom is 0.223 e. The average Bonchev–Trinajstić information content (AvgIpc) is 3.14. The molecule has 21 heavy (non-hydrogen) atoms. The van der Waals surface area contributed by atoms with Gasteiger partial charge in [-0.2, -0.15) is 5.10 Å². The van der Waals surface area contributed by atoms with Crippen LogP contribution in [0.1, 0.15) is 37.2 Å². The van der Waals surface area contributed by atoms with Gasteiger partial charge >= 0.3 is 0 Å². The molecule has 0 bridgehead atoms. The molecule has 1 aromatic carbocycles. The number of aryl methyl sites for hydroxylation is 2. The van der Waals surface area contributed by atoms with Crippen LogP contribution in [0, 0.1) is 0 Å². The van der Waals surface area contributed by atoms with Gasteiger partial charge in [0.05, 0.1) is 6.04 Å². The predicted octanol–water partition coefficient (Wildman–Crippen LogP) is 2.20. The fourth-order valence-corrected chi connectivity index (χ4v) is 2.87. The van der Waals surface area contributed by atoms with Crippen LogP contribution in [-0.2, 0) is 17.8 Å². The zero-order valence-corrected chi connectivity index (χ0v) is 12.3. The molecule has 1 amide bonds. The predicted molar refractivity (Wildman–Crippen MR) is 79.5 cm³/mol. The van der Waals surface area contributed by atoms with E-state index < -0.39 is 0 Å². The topological polar surface area (TPSA) is 51.0 Å². The van der Waals surface area contributed by atoms with Crippen LogP contribution < -0.4 is 0 Å². The van der Waals surface area contributed by atoms with E-state index in [1.807, 2.05) is 34.7 Å². The Morgan fingerprint density at radius 2 is 2.10 bits per heavy atom. The standard InChI is InChI=1S/C16H20N4O/c1-13(19-10-5-8-15(19)21)16-17-12-18-20(16)11-9-14-6-3-2-4-7-14/h2-4,6-7,12-13H,5,8-11H2,1H3/t13-/m1/s1. The van der Waals surface area contributed by atoms with E-state index in [0.29, 0.717) is 6.42 Å². The molecule has 0 aliphatic carbocycles. The first kappa shape index (κ1) is 13.8. The Labute approximate surface area is 124 Å². The Morgan fingerprint density at radius 1 is 1.29 bits per heavy atom. The number of benzene rings is 1. The molecule has 0 spiro atoms. The molecule has 1 aliphatic heterocycles. The van der Waals surface area contributed by atoms with Gasteiger partial charge in [0.15, 0.2) is 0 Å². The molecule has 1 saturated heterocycles. The average molecular weight is 284 g/mol. The summed E-state index contributed by atoms with van der Waals surface area (Å²) in [6.45, 7) is 3.64. The Bertz CT molecular complexity index is 608. The summed E-state index contributed by atoms with van der Waals surface area (Å²) in [7, 11) is 0. The van der Waals surface area contributed by atoms with Gasteiger partial charge in [0.25, 0.3) is 0 Å². The smallest absolute Gasteiger partial charge is 0.223 e. The minimum Gasteiger partial charge on any atom is -0.333 e. The van der Waals surface area contributed by atoms with Crippen molar-refractivity contribution in [3.05, 3.63) is 48.0 Å². The van der Waals surface area contributed by atoms with E-state index >= 15 is 0 Å². The fourth-order valence-electron chi connectivity index (χ4n) is 2.87. The summed E-state index contributed by atoms with van der Waals surface area (Å²) >= 11 is 0. The number of hydrogen-bond donors (Lipinski definition) is 0. The number of likely N-dealkylation sites (tertiary alicyclic amines) is 1. The molecular weight excluding hydrogens is 264 g/mol. The lowest BCUT2D eigenvalue weighted by molar-refractivity contribution is -0.129.